The Morgan fingerprint density at radius 1 is 1.36 bits per heavy atom. The highest BCUT2D eigenvalue weighted by Gasteiger charge is 2.29. The highest BCUT2D eigenvalue weighted by molar-refractivity contribution is 7.18. The van der Waals surface area contributed by atoms with E-state index in [1.807, 2.05) is 29.0 Å². The van der Waals surface area contributed by atoms with E-state index >= 15 is 0 Å². The number of nitrogens with zero attached hydrogens (tertiary/aromatic N) is 4. The van der Waals surface area contributed by atoms with Crippen LogP contribution in [0, 0.1) is 0 Å². The largest absolute Gasteiger partial charge is 0.321 e. The summed E-state index contributed by atoms with van der Waals surface area (Å²) in [6.07, 6.45) is 4.09. The minimum absolute atomic E-state index is 0.396. The number of rotatable bonds is 3. The second-order valence-corrected chi connectivity index (χ2v) is 7.15. The summed E-state index contributed by atoms with van der Waals surface area (Å²) < 4.78 is 3.22. The molecule has 1 fully saturated rings. The summed E-state index contributed by atoms with van der Waals surface area (Å²) in [5.74, 6) is 1.01. The fourth-order valence-corrected chi connectivity index (χ4v) is 4.36. The Labute approximate surface area is 138 Å². The summed E-state index contributed by atoms with van der Waals surface area (Å²) in [7, 11) is 1.97. The van der Waals surface area contributed by atoms with E-state index in [0.29, 0.717) is 11.2 Å². The lowest BCUT2D eigenvalue weighted by atomic mass is 10.2. The minimum Gasteiger partial charge on any atom is -0.321 e. The molecule has 6 heteroatoms. The van der Waals surface area contributed by atoms with Gasteiger partial charge in [-0.15, -0.1) is 11.3 Å². The van der Waals surface area contributed by atoms with Crippen molar-refractivity contribution in [1.82, 2.24) is 19.4 Å². The third-order valence-electron chi connectivity index (χ3n) is 4.33. The Bertz CT molecular complexity index is 776. The number of halogens is 1. The first-order chi connectivity index (χ1) is 10.7. The fourth-order valence-electron chi connectivity index (χ4n) is 3.08. The van der Waals surface area contributed by atoms with E-state index < -0.39 is 0 Å². The number of imidazole rings is 1. The van der Waals surface area contributed by atoms with E-state index in [1.54, 1.807) is 6.20 Å². The molecule has 0 amide bonds. The average molecular weight is 333 g/mol. The Hall–Kier alpha value is -1.43. The summed E-state index contributed by atoms with van der Waals surface area (Å²) in [4.78, 5) is 11.7. The van der Waals surface area contributed by atoms with Crippen LogP contribution in [0.1, 0.15) is 29.7 Å². The smallest absolute Gasteiger partial charge is 0.128 e. The highest BCUT2D eigenvalue weighted by Crippen LogP contribution is 2.37. The predicted molar refractivity (Wildman–Crippen MR) is 90.2 cm³/mol. The van der Waals surface area contributed by atoms with Gasteiger partial charge in [0.1, 0.15) is 16.0 Å². The Morgan fingerprint density at radius 2 is 2.23 bits per heavy atom. The molecule has 1 saturated heterocycles. The first kappa shape index (κ1) is 14.2. The van der Waals surface area contributed by atoms with Gasteiger partial charge in [-0.25, -0.2) is 9.97 Å². The van der Waals surface area contributed by atoms with Crippen LogP contribution >= 0.6 is 22.9 Å². The summed E-state index contributed by atoms with van der Waals surface area (Å²) in [5, 5.41) is 1.91. The second-order valence-electron chi connectivity index (χ2n) is 5.70. The number of thiazole rings is 1. The van der Waals surface area contributed by atoms with Gasteiger partial charge in [0, 0.05) is 7.05 Å². The van der Waals surface area contributed by atoms with E-state index in [4.69, 9.17) is 16.6 Å². The third-order valence-corrected chi connectivity index (χ3v) is 5.82. The van der Waals surface area contributed by atoms with Crippen LogP contribution in [0.25, 0.3) is 10.2 Å². The zero-order valence-electron chi connectivity index (χ0n) is 12.4. The lowest BCUT2D eigenvalue weighted by Crippen LogP contribution is -2.24. The van der Waals surface area contributed by atoms with E-state index in [2.05, 4.69) is 28.1 Å². The van der Waals surface area contributed by atoms with Gasteiger partial charge in [0.25, 0.3) is 0 Å². The molecule has 1 atom stereocenters. The van der Waals surface area contributed by atoms with Crippen molar-refractivity contribution in [3.8, 4) is 0 Å². The molecule has 0 spiro atoms. The minimum atomic E-state index is 0.396. The van der Waals surface area contributed by atoms with Crippen LogP contribution in [0.3, 0.4) is 0 Å². The Kier molecular flexibility index (Phi) is 3.64. The predicted octanol–water partition coefficient (Wildman–Crippen LogP) is 4.02. The molecule has 4 nitrogen and oxygen atoms in total. The molecule has 1 aliphatic heterocycles. The monoisotopic (exact) mass is 332 g/mol. The maximum absolute atomic E-state index is 6.09. The number of hydrogen-bond acceptors (Lipinski definition) is 4. The van der Waals surface area contributed by atoms with Gasteiger partial charge >= 0.3 is 0 Å². The molecular formula is C16H17ClN4S. The summed E-state index contributed by atoms with van der Waals surface area (Å²) in [5.41, 5.74) is 1.11. The number of likely N-dealkylation sites (tertiary alicyclic amines) is 1. The molecule has 1 aromatic carbocycles. The van der Waals surface area contributed by atoms with Crippen molar-refractivity contribution in [2.24, 2.45) is 7.05 Å². The Balaban J connectivity index is 1.61. The SMILES string of the molecule is Cn1c(Cl)cnc1CN1CCCC1c1nc2ccccc2s1. The van der Waals surface area contributed by atoms with Gasteiger partial charge in [-0.3, -0.25) is 4.90 Å². The van der Waals surface area contributed by atoms with Crippen LogP contribution in [-0.2, 0) is 13.6 Å². The lowest BCUT2D eigenvalue weighted by molar-refractivity contribution is 0.239. The van der Waals surface area contributed by atoms with E-state index in [-0.39, 0.29) is 0 Å². The van der Waals surface area contributed by atoms with E-state index in [1.165, 1.54) is 16.1 Å². The maximum atomic E-state index is 6.09. The van der Waals surface area contributed by atoms with Gasteiger partial charge in [-0.05, 0) is 31.5 Å². The van der Waals surface area contributed by atoms with Crippen LogP contribution in [0.5, 0.6) is 0 Å². The molecule has 3 heterocycles. The molecule has 0 bridgehead atoms. The molecule has 0 radical (unpaired) electrons. The molecule has 0 aliphatic carbocycles. The number of para-hydroxylation sites is 1. The number of benzene rings is 1. The van der Waals surface area contributed by atoms with Crippen LogP contribution < -0.4 is 0 Å². The molecule has 1 aliphatic rings. The number of hydrogen-bond donors (Lipinski definition) is 0. The molecule has 2 aromatic heterocycles. The molecule has 1 unspecified atom stereocenters. The van der Waals surface area contributed by atoms with Crippen LogP contribution in [-0.4, -0.2) is 26.0 Å². The van der Waals surface area contributed by atoms with Crippen LogP contribution in [0.4, 0.5) is 0 Å². The van der Waals surface area contributed by atoms with Gasteiger partial charge in [-0.1, -0.05) is 23.7 Å². The average Bonchev–Trinajstić information content (AvgIpc) is 3.22. The van der Waals surface area contributed by atoms with Crippen LogP contribution in [0.2, 0.25) is 5.15 Å². The Morgan fingerprint density at radius 3 is 3.00 bits per heavy atom. The molecule has 4 rings (SSSR count). The quantitative estimate of drug-likeness (QED) is 0.726. The maximum Gasteiger partial charge on any atom is 0.128 e. The van der Waals surface area contributed by atoms with Gasteiger partial charge in [0.15, 0.2) is 0 Å². The third kappa shape index (κ3) is 2.43. The van der Waals surface area contributed by atoms with E-state index in [0.717, 1.165) is 30.9 Å². The van der Waals surface area contributed by atoms with Gasteiger partial charge < -0.3 is 4.57 Å². The molecular weight excluding hydrogens is 316 g/mol. The van der Waals surface area contributed by atoms with E-state index in [9.17, 15) is 0 Å². The van der Waals surface area contributed by atoms with Crippen molar-refractivity contribution in [1.29, 1.82) is 0 Å². The van der Waals surface area contributed by atoms with Crippen molar-refractivity contribution in [2.75, 3.05) is 6.54 Å². The molecule has 22 heavy (non-hydrogen) atoms. The summed E-state index contributed by atoms with van der Waals surface area (Å²) in [6, 6.07) is 8.76. The molecule has 3 aromatic rings. The molecule has 0 N–H and O–H groups in total. The lowest BCUT2D eigenvalue weighted by Gasteiger charge is -2.22. The normalized spacial score (nSPS) is 19.3. The number of fused-ring (bicyclic) bond motifs is 1. The first-order valence-corrected chi connectivity index (χ1v) is 8.67. The zero-order chi connectivity index (χ0) is 15.1. The highest BCUT2D eigenvalue weighted by atomic mass is 35.5. The standard InChI is InChI=1S/C16H17ClN4S/c1-20-14(17)9-18-15(20)10-21-8-4-6-12(21)16-19-11-5-2-3-7-13(11)22-16/h2-3,5,7,9,12H,4,6,8,10H2,1H3. The van der Waals surface area contributed by atoms with Crippen molar-refractivity contribution >= 4 is 33.2 Å². The van der Waals surface area contributed by atoms with Crippen molar-refractivity contribution in [2.45, 2.75) is 25.4 Å². The number of aromatic nitrogens is 3. The van der Waals surface area contributed by atoms with Crippen molar-refractivity contribution in [3.63, 3.8) is 0 Å². The van der Waals surface area contributed by atoms with Crippen LogP contribution in [0.15, 0.2) is 30.5 Å². The second kappa shape index (κ2) is 5.65. The van der Waals surface area contributed by atoms with Gasteiger partial charge in [0.2, 0.25) is 0 Å². The topological polar surface area (TPSA) is 34.0 Å². The molecule has 0 saturated carbocycles. The summed E-state index contributed by atoms with van der Waals surface area (Å²) in [6.45, 7) is 1.91. The van der Waals surface area contributed by atoms with Gasteiger partial charge in [0.05, 0.1) is 29.0 Å². The first-order valence-electron chi connectivity index (χ1n) is 7.48. The van der Waals surface area contributed by atoms with Gasteiger partial charge in [-0.2, -0.15) is 0 Å². The zero-order valence-corrected chi connectivity index (χ0v) is 13.9. The fraction of sp³-hybridized carbons (Fsp3) is 0.375. The molecule has 114 valence electrons. The summed E-state index contributed by atoms with van der Waals surface area (Å²) >= 11 is 7.91. The van der Waals surface area contributed by atoms with Crippen molar-refractivity contribution in [3.05, 3.63) is 46.4 Å². The van der Waals surface area contributed by atoms with Crippen molar-refractivity contribution < 1.29 is 0 Å².